The predicted octanol–water partition coefficient (Wildman–Crippen LogP) is 2.53. The van der Waals surface area contributed by atoms with Gasteiger partial charge >= 0.3 is 0 Å². The summed E-state index contributed by atoms with van der Waals surface area (Å²) < 4.78 is 28.7. The Morgan fingerprint density at radius 1 is 1.26 bits per heavy atom. The predicted molar refractivity (Wildman–Crippen MR) is 78.3 cm³/mol. The molecule has 0 bridgehead atoms. The van der Waals surface area contributed by atoms with E-state index >= 15 is 0 Å². The lowest BCUT2D eigenvalue weighted by Gasteiger charge is -2.34. The van der Waals surface area contributed by atoms with Gasteiger partial charge in [-0.25, -0.2) is 13.6 Å². The molecule has 0 aromatic rings. The first-order valence-corrected chi connectivity index (χ1v) is 8.93. The Morgan fingerprint density at radius 2 is 1.84 bits per heavy atom. The van der Waals surface area contributed by atoms with Crippen molar-refractivity contribution >= 4 is 10.0 Å². The molecule has 1 rings (SSSR count). The molecular weight excluding hydrogens is 262 g/mol. The van der Waals surface area contributed by atoms with E-state index in [-0.39, 0.29) is 23.2 Å². The quantitative estimate of drug-likeness (QED) is 0.846. The molecule has 0 spiro atoms. The second kappa shape index (κ2) is 6.55. The van der Waals surface area contributed by atoms with Crippen LogP contribution in [-0.4, -0.2) is 26.9 Å². The molecule has 5 heteroatoms. The van der Waals surface area contributed by atoms with Crippen molar-refractivity contribution in [1.29, 1.82) is 0 Å². The number of ether oxygens (including phenoxy) is 1. The smallest absolute Gasteiger partial charge is 0.209 e. The summed E-state index contributed by atoms with van der Waals surface area (Å²) in [5.74, 6) is 0.512. The zero-order chi connectivity index (χ0) is 14.7. The van der Waals surface area contributed by atoms with Gasteiger partial charge in [0.25, 0.3) is 0 Å². The van der Waals surface area contributed by atoms with Crippen LogP contribution in [0.2, 0.25) is 0 Å². The maximum absolute atomic E-state index is 11.3. The summed E-state index contributed by atoms with van der Waals surface area (Å²) >= 11 is 0. The van der Waals surface area contributed by atoms with E-state index in [9.17, 15) is 8.42 Å². The highest BCUT2D eigenvalue weighted by Crippen LogP contribution is 2.31. The molecule has 0 saturated heterocycles. The maximum atomic E-state index is 11.3. The van der Waals surface area contributed by atoms with Gasteiger partial charge in [-0.3, -0.25) is 0 Å². The first-order chi connectivity index (χ1) is 8.59. The van der Waals surface area contributed by atoms with Crippen LogP contribution in [0.25, 0.3) is 0 Å². The van der Waals surface area contributed by atoms with E-state index in [1.807, 2.05) is 20.8 Å². The zero-order valence-electron chi connectivity index (χ0n) is 12.7. The van der Waals surface area contributed by atoms with Crippen LogP contribution < -0.4 is 5.14 Å². The van der Waals surface area contributed by atoms with Crippen LogP contribution in [0.4, 0.5) is 0 Å². The number of primary sulfonamides is 1. The standard InChI is InChI=1S/C14H29NO3S/c1-11-7-5-6-8-13(11)18-9-12(14(2,3)4)10-19(15,16)17/h11-13H,5-10H2,1-4H3,(H2,15,16,17). The number of nitrogens with two attached hydrogens (primary N) is 1. The third-order valence-electron chi connectivity index (χ3n) is 4.20. The van der Waals surface area contributed by atoms with Crippen molar-refractivity contribution in [3.8, 4) is 0 Å². The molecule has 1 aliphatic rings. The van der Waals surface area contributed by atoms with Gasteiger partial charge in [0, 0.05) is 5.92 Å². The lowest BCUT2D eigenvalue weighted by atomic mass is 9.82. The molecule has 0 aromatic heterocycles. The molecule has 1 aliphatic carbocycles. The first-order valence-electron chi connectivity index (χ1n) is 7.21. The monoisotopic (exact) mass is 291 g/mol. The lowest BCUT2D eigenvalue weighted by Crippen LogP contribution is -2.37. The summed E-state index contributed by atoms with van der Waals surface area (Å²) in [6, 6.07) is 0. The summed E-state index contributed by atoms with van der Waals surface area (Å²) in [7, 11) is -3.45. The second-order valence-electron chi connectivity index (χ2n) is 7.03. The molecular formula is C14H29NO3S. The molecule has 114 valence electrons. The molecule has 1 fully saturated rings. The third-order valence-corrected chi connectivity index (χ3v) is 5.07. The van der Waals surface area contributed by atoms with Crippen LogP contribution in [0.15, 0.2) is 0 Å². The van der Waals surface area contributed by atoms with Crippen molar-refractivity contribution in [3.63, 3.8) is 0 Å². The highest BCUT2D eigenvalue weighted by Gasteiger charge is 2.30. The van der Waals surface area contributed by atoms with E-state index < -0.39 is 10.0 Å². The average molecular weight is 291 g/mol. The normalized spacial score (nSPS) is 27.2. The van der Waals surface area contributed by atoms with Gasteiger partial charge in [0.1, 0.15) is 0 Å². The molecule has 0 aromatic carbocycles. The highest BCUT2D eigenvalue weighted by molar-refractivity contribution is 7.89. The van der Waals surface area contributed by atoms with Crippen LogP contribution in [0.1, 0.15) is 53.4 Å². The Hall–Kier alpha value is -0.130. The molecule has 3 unspecified atom stereocenters. The van der Waals surface area contributed by atoms with Crippen LogP contribution in [0.3, 0.4) is 0 Å². The molecule has 0 aliphatic heterocycles. The molecule has 19 heavy (non-hydrogen) atoms. The van der Waals surface area contributed by atoms with Crippen molar-refractivity contribution in [2.45, 2.75) is 59.5 Å². The fourth-order valence-electron chi connectivity index (χ4n) is 2.60. The molecule has 4 nitrogen and oxygen atoms in total. The van der Waals surface area contributed by atoms with Gasteiger partial charge < -0.3 is 4.74 Å². The second-order valence-corrected chi connectivity index (χ2v) is 8.69. The minimum Gasteiger partial charge on any atom is -0.378 e. The van der Waals surface area contributed by atoms with Crippen LogP contribution in [0, 0.1) is 17.3 Å². The van der Waals surface area contributed by atoms with Crippen molar-refractivity contribution in [1.82, 2.24) is 0 Å². The van der Waals surface area contributed by atoms with Gasteiger partial charge in [-0.05, 0) is 24.2 Å². The van der Waals surface area contributed by atoms with Gasteiger partial charge in [-0.2, -0.15) is 0 Å². The summed E-state index contributed by atoms with van der Waals surface area (Å²) in [6.07, 6.45) is 5.07. The fourth-order valence-corrected chi connectivity index (χ4v) is 3.76. The Labute approximate surface area is 118 Å². The first kappa shape index (κ1) is 16.9. The van der Waals surface area contributed by atoms with Gasteiger partial charge in [-0.15, -0.1) is 0 Å². The van der Waals surface area contributed by atoms with Gasteiger partial charge in [0.15, 0.2) is 0 Å². The largest absolute Gasteiger partial charge is 0.378 e. The van der Waals surface area contributed by atoms with E-state index in [0.717, 1.165) is 6.42 Å². The number of rotatable bonds is 5. The zero-order valence-corrected chi connectivity index (χ0v) is 13.5. The number of sulfonamides is 1. The van der Waals surface area contributed by atoms with E-state index in [1.165, 1.54) is 19.3 Å². The van der Waals surface area contributed by atoms with Crippen molar-refractivity contribution < 1.29 is 13.2 Å². The van der Waals surface area contributed by atoms with Gasteiger partial charge in [-0.1, -0.05) is 40.5 Å². The van der Waals surface area contributed by atoms with Gasteiger partial charge in [0.2, 0.25) is 10.0 Å². The Kier molecular flexibility index (Phi) is 5.83. The molecule has 0 heterocycles. The topological polar surface area (TPSA) is 69.4 Å². The molecule has 2 N–H and O–H groups in total. The Morgan fingerprint density at radius 3 is 2.32 bits per heavy atom. The summed E-state index contributed by atoms with van der Waals surface area (Å²) in [5.41, 5.74) is -0.121. The number of hydrogen-bond donors (Lipinski definition) is 1. The van der Waals surface area contributed by atoms with Crippen LogP contribution >= 0.6 is 0 Å². The summed E-state index contributed by atoms with van der Waals surface area (Å²) in [5, 5.41) is 5.19. The van der Waals surface area contributed by atoms with Crippen molar-refractivity contribution in [3.05, 3.63) is 0 Å². The van der Waals surface area contributed by atoms with E-state index in [4.69, 9.17) is 9.88 Å². The van der Waals surface area contributed by atoms with E-state index in [0.29, 0.717) is 12.5 Å². The fraction of sp³-hybridized carbons (Fsp3) is 1.00. The lowest BCUT2D eigenvalue weighted by molar-refractivity contribution is -0.0346. The van der Waals surface area contributed by atoms with Crippen LogP contribution in [-0.2, 0) is 14.8 Å². The SMILES string of the molecule is CC1CCCCC1OCC(CS(N)(=O)=O)C(C)(C)C. The highest BCUT2D eigenvalue weighted by atomic mass is 32.2. The molecule has 0 amide bonds. The summed E-state index contributed by atoms with van der Waals surface area (Å²) in [4.78, 5) is 0. The maximum Gasteiger partial charge on any atom is 0.209 e. The Balaban J connectivity index is 2.58. The number of hydrogen-bond acceptors (Lipinski definition) is 3. The van der Waals surface area contributed by atoms with E-state index in [1.54, 1.807) is 0 Å². The van der Waals surface area contributed by atoms with Crippen molar-refractivity contribution in [2.24, 2.45) is 22.4 Å². The molecule has 1 saturated carbocycles. The molecule has 3 atom stereocenters. The van der Waals surface area contributed by atoms with E-state index in [2.05, 4.69) is 6.92 Å². The minimum absolute atomic E-state index is 0.00238. The minimum atomic E-state index is -3.45. The van der Waals surface area contributed by atoms with Crippen molar-refractivity contribution in [2.75, 3.05) is 12.4 Å². The van der Waals surface area contributed by atoms with Gasteiger partial charge in [0.05, 0.1) is 18.5 Å². The summed E-state index contributed by atoms with van der Waals surface area (Å²) in [6.45, 7) is 8.81. The third kappa shape index (κ3) is 6.23. The average Bonchev–Trinajstić information content (AvgIpc) is 2.23. The Bertz CT molecular complexity index is 373. The molecule has 0 radical (unpaired) electrons. The van der Waals surface area contributed by atoms with Crippen LogP contribution in [0.5, 0.6) is 0 Å².